The summed E-state index contributed by atoms with van der Waals surface area (Å²) in [5.41, 5.74) is 2.32. The molecule has 0 radical (unpaired) electrons. The fourth-order valence-electron chi connectivity index (χ4n) is 3.86. The van der Waals surface area contributed by atoms with Gasteiger partial charge in [0, 0.05) is 24.7 Å². The van der Waals surface area contributed by atoms with Gasteiger partial charge in [-0.05, 0) is 48.9 Å². The van der Waals surface area contributed by atoms with Gasteiger partial charge in [0.1, 0.15) is 5.75 Å². The largest absolute Gasteiger partial charge is 0.435 e. The number of ether oxygens (including phenoxy) is 2. The van der Waals surface area contributed by atoms with Crippen LogP contribution in [-0.2, 0) is 4.74 Å². The molecule has 11 heteroatoms. The van der Waals surface area contributed by atoms with Crippen molar-refractivity contribution in [1.29, 1.82) is 0 Å². The number of benzene rings is 2. The molecule has 8 nitrogen and oxygen atoms in total. The van der Waals surface area contributed by atoms with Crippen LogP contribution in [0, 0.1) is 6.92 Å². The number of carbonyl (C=O) groups is 1. The smallest absolute Gasteiger partial charge is 0.387 e. The molecule has 0 saturated carbocycles. The topological polar surface area (TPSA) is 81.5 Å². The van der Waals surface area contributed by atoms with Crippen molar-refractivity contribution in [3.63, 3.8) is 0 Å². The van der Waals surface area contributed by atoms with E-state index < -0.39 is 6.61 Å². The number of nitrogens with one attached hydrogen (secondary N) is 1. The van der Waals surface area contributed by atoms with Crippen molar-refractivity contribution in [2.45, 2.75) is 19.6 Å². The molecule has 34 heavy (non-hydrogen) atoms. The molecule has 0 bridgehead atoms. The van der Waals surface area contributed by atoms with Crippen LogP contribution in [0.1, 0.15) is 27.8 Å². The Morgan fingerprint density at radius 3 is 2.47 bits per heavy atom. The number of amides is 1. The maximum atomic E-state index is 13.0. The van der Waals surface area contributed by atoms with Crippen molar-refractivity contribution >= 4 is 17.5 Å². The summed E-state index contributed by atoms with van der Waals surface area (Å²) in [6.07, 6.45) is 0. The summed E-state index contributed by atoms with van der Waals surface area (Å²) in [6.45, 7) is 1.96. The van der Waals surface area contributed by atoms with E-state index in [-0.39, 0.29) is 23.4 Å². The van der Waals surface area contributed by atoms with Crippen LogP contribution in [-0.4, -0.2) is 65.3 Å². The van der Waals surface area contributed by atoms with Crippen molar-refractivity contribution in [1.82, 2.24) is 25.2 Å². The zero-order valence-corrected chi connectivity index (χ0v) is 19.2. The van der Waals surface area contributed by atoms with Crippen LogP contribution in [0.15, 0.2) is 48.5 Å². The summed E-state index contributed by atoms with van der Waals surface area (Å²) in [5, 5.41) is 11.7. The maximum Gasteiger partial charge on any atom is 0.387 e. The Morgan fingerprint density at radius 2 is 1.82 bits per heavy atom. The van der Waals surface area contributed by atoms with Crippen molar-refractivity contribution in [2.24, 2.45) is 0 Å². The molecule has 3 aromatic rings. The minimum absolute atomic E-state index is 0.0332. The number of carbonyl (C=O) groups excluding carboxylic acids is 1. The van der Waals surface area contributed by atoms with Crippen molar-refractivity contribution < 1.29 is 23.0 Å². The number of alkyl halides is 2. The van der Waals surface area contributed by atoms with Crippen LogP contribution < -0.4 is 10.1 Å². The van der Waals surface area contributed by atoms with E-state index in [0.29, 0.717) is 36.2 Å². The van der Waals surface area contributed by atoms with Gasteiger partial charge in [-0.1, -0.05) is 28.9 Å². The third kappa shape index (κ3) is 5.69. The van der Waals surface area contributed by atoms with E-state index in [2.05, 4.69) is 25.3 Å². The summed E-state index contributed by atoms with van der Waals surface area (Å²) in [6, 6.07) is 13.5. The van der Waals surface area contributed by atoms with Gasteiger partial charge in [-0.3, -0.25) is 9.69 Å². The predicted molar refractivity (Wildman–Crippen MR) is 122 cm³/mol. The molecule has 2 aromatic carbocycles. The van der Waals surface area contributed by atoms with E-state index in [9.17, 15) is 13.6 Å². The summed E-state index contributed by atoms with van der Waals surface area (Å²) in [4.78, 5) is 15.2. The van der Waals surface area contributed by atoms with Crippen LogP contribution in [0.3, 0.4) is 0 Å². The second kappa shape index (κ2) is 10.9. The molecule has 1 atom stereocenters. The van der Waals surface area contributed by atoms with Crippen LogP contribution in [0.2, 0.25) is 5.02 Å². The molecule has 1 unspecified atom stereocenters. The molecule has 1 aliphatic rings. The maximum absolute atomic E-state index is 13.0. The lowest BCUT2D eigenvalue weighted by atomic mass is 10.0. The lowest BCUT2D eigenvalue weighted by Crippen LogP contribution is -2.44. The van der Waals surface area contributed by atoms with E-state index in [1.165, 1.54) is 16.8 Å². The Morgan fingerprint density at radius 1 is 1.15 bits per heavy atom. The number of rotatable bonds is 8. The van der Waals surface area contributed by atoms with Gasteiger partial charge < -0.3 is 14.8 Å². The Bertz CT molecular complexity index is 1100. The fourth-order valence-corrected chi connectivity index (χ4v) is 3.98. The molecule has 1 amide bonds. The van der Waals surface area contributed by atoms with Gasteiger partial charge in [0.05, 0.1) is 30.6 Å². The molecule has 1 aromatic heterocycles. The molecular formula is C23H24ClF2N5O3. The first kappa shape index (κ1) is 24.1. The quantitative estimate of drug-likeness (QED) is 0.518. The SMILES string of the molecule is Cc1c(C(=O)NCC(c2ccc(Cl)cc2)N2CCOCC2)nnn1-c1ccc(OC(F)F)cc1. The lowest BCUT2D eigenvalue weighted by Gasteiger charge is -2.34. The van der Waals surface area contributed by atoms with Gasteiger partial charge in [0.15, 0.2) is 5.69 Å². The van der Waals surface area contributed by atoms with E-state index >= 15 is 0 Å². The summed E-state index contributed by atoms with van der Waals surface area (Å²) < 4.78 is 36.0. The first-order valence-corrected chi connectivity index (χ1v) is 11.1. The molecule has 1 fully saturated rings. The highest BCUT2D eigenvalue weighted by Crippen LogP contribution is 2.24. The fraction of sp³-hybridized carbons (Fsp3) is 0.348. The molecule has 1 N–H and O–H groups in total. The normalized spacial score (nSPS) is 15.3. The molecule has 2 heterocycles. The average Bonchev–Trinajstić information content (AvgIpc) is 3.22. The zero-order valence-electron chi connectivity index (χ0n) is 18.5. The number of morpholine rings is 1. The summed E-state index contributed by atoms with van der Waals surface area (Å²) in [7, 11) is 0. The molecule has 1 aliphatic heterocycles. The third-order valence-electron chi connectivity index (χ3n) is 5.61. The summed E-state index contributed by atoms with van der Waals surface area (Å²) in [5.74, 6) is -0.320. The van der Waals surface area contributed by atoms with E-state index in [1.54, 1.807) is 19.1 Å². The lowest BCUT2D eigenvalue weighted by molar-refractivity contribution is -0.0498. The predicted octanol–water partition coefficient (Wildman–Crippen LogP) is 3.63. The molecular weight excluding hydrogens is 468 g/mol. The third-order valence-corrected chi connectivity index (χ3v) is 5.87. The Balaban J connectivity index is 1.47. The number of halogens is 3. The van der Waals surface area contributed by atoms with Gasteiger partial charge in [-0.15, -0.1) is 5.10 Å². The van der Waals surface area contributed by atoms with Crippen LogP contribution in [0.25, 0.3) is 5.69 Å². The van der Waals surface area contributed by atoms with Gasteiger partial charge in [0.2, 0.25) is 0 Å². The monoisotopic (exact) mass is 491 g/mol. The summed E-state index contributed by atoms with van der Waals surface area (Å²) >= 11 is 6.05. The highest BCUT2D eigenvalue weighted by Gasteiger charge is 2.25. The average molecular weight is 492 g/mol. The Hall–Kier alpha value is -3.08. The Labute approximate surface area is 200 Å². The van der Waals surface area contributed by atoms with E-state index in [0.717, 1.165) is 18.7 Å². The standard InChI is InChI=1S/C23H24ClF2N5O3/c1-15-21(28-29-31(15)18-6-8-19(9-7-18)34-23(25)26)22(32)27-14-20(30-10-12-33-13-11-30)16-2-4-17(24)5-3-16/h2-9,20,23H,10-14H2,1H3,(H,27,32). The Kier molecular flexibility index (Phi) is 7.71. The minimum atomic E-state index is -2.90. The number of aromatic nitrogens is 3. The van der Waals surface area contributed by atoms with Gasteiger partial charge in [-0.2, -0.15) is 8.78 Å². The molecule has 180 valence electrons. The second-order valence-electron chi connectivity index (χ2n) is 7.73. The number of hydrogen-bond donors (Lipinski definition) is 1. The van der Waals surface area contributed by atoms with Crippen molar-refractivity contribution in [3.8, 4) is 11.4 Å². The van der Waals surface area contributed by atoms with Gasteiger partial charge in [0.25, 0.3) is 5.91 Å². The van der Waals surface area contributed by atoms with Crippen molar-refractivity contribution in [3.05, 3.63) is 70.5 Å². The molecule has 0 spiro atoms. The van der Waals surface area contributed by atoms with Crippen LogP contribution >= 0.6 is 11.6 Å². The van der Waals surface area contributed by atoms with Gasteiger partial charge >= 0.3 is 6.61 Å². The van der Waals surface area contributed by atoms with Crippen LogP contribution in [0.4, 0.5) is 8.78 Å². The van der Waals surface area contributed by atoms with Crippen LogP contribution in [0.5, 0.6) is 5.75 Å². The second-order valence-corrected chi connectivity index (χ2v) is 8.17. The zero-order chi connectivity index (χ0) is 24.1. The number of hydrogen-bond acceptors (Lipinski definition) is 6. The molecule has 1 saturated heterocycles. The van der Waals surface area contributed by atoms with Gasteiger partial charge in [-0.25, -0.2) is 4.68 Å². The van der Waals surface area contributed by atoms with Crippen molar-refractivity contribution in [2.75, 3.05) is 32.8 Å². The molecule has 0 aliphatic carbocycles. The minimum Gasteiger partial charge on any atom is -0.435 e. The number of nitrogens with zero attached hydrogens (tertiary/aromatic N) is 4. The first-order valence-electron chi connectivity index (χ1n) is 10.8. The highest BCUT2D eigenvalue weighted by molar-refractivity contribution is 6.30. The van der Waals surface area contributed by atoms with E-state index in [4.69, 9.17) is 16.3 Å². The van der Waals surface area contributed by atoms with E-state index in [1.807, 2.05) is 24.3 Å². The first-order chi connectivity index (χ1) is 16.4. The molecule has 4 rings (SSSR count). The highest BCUT2D eigenvalue weighted by atomic mass is 35.5.